The molecule has 0 aromatic carbocycles. The fraction of sp³-hybridized carbons (Fsp3) is 0.583. The molecule has 6 heteroatoms. The number of aromatic nitrogens is 1. The van der Waals surface area contributed by atoms with Gasteiger partial charge in [0, 0.05) is 12.7 Å². The molecule has 0 saturated heterocycles. The van der Waals surface area contributed by atoms with E-state index in [4.69, 9.17) is 0 Å². The lowest BCUT2D eigenvalue weighted by atomic mass is 9.99. The molecule has 1 heterocycles. The lowest BCUT2D eigenvalue weighted by molar-refractivity contribution is 0.413. The molecule has 0 bridgehead atoms. The highest BCUT2D eigenvalue weighted by Gasteiger charge is 2.26. The third-order valence-corrected chi connectivity index (χ3v) is 4.91. The molecular formula is C12H17FN2O2S. The minimum Gasteiger partial charge on any atom is -0.241 e. The molecule has 0 radical (unpaired) electrons. The highest BCUT2D eigenvalue weighted by atomic mass is 32.2. The standard InChI is InChI=1S/C12H17FN2O2S/c1-9-4-2-5-10(9)8-15-18(16,17)12-11(13)6-3-7-14-12/h3,6-7,9-10,15H,2,4-5,8H2,1H3. The number of pyridine rings is 1. The van der Waals surface area contributed by atoms with Gasteiger partial charge in [-0.1, -0.05) is 19.8 Å². The Kier molecular flexibility index (Phi) is 3.97. The summed E-state index contributed by atoms with van der Waals surface area (Å²) in [6.07, 6.45) is 4.56. The summed E-state index contributed by atoms with van der Waals surface area (Å²) in [4.78, 5) is 3.59. The topological polar surface area (TPSA) is 59.1 Å². The quantitative estimate of drug-likeness (QED) is 0.911. The number of halogens is 1. The lowest BCUT2D eigenvalue weighted by Gasteiger charge is -2.15. The molecule has 1 saturated carbocycles. The maximum Gasteiger partial charge on any atom is 0.261 e. The van der Waals surface area contributed by atoms with Crippen molar-refractivity contribution in [3.8, 4) is 0 Å². The number of hydrogen-bond acceptors (Lipinski definition) is 3. The van der Waals surface area contributed by atoms with E-state index in [1.165, 1.54) is 12.3 Å². The molecule has 1 N–H and O–H groups in total. The Morgan fingerprint density at radius 2 is 2.28 bits per heavy atom. The van der Waals surface area contributed by atoms with Crippen LogP contribution in [0.15, 0.2) is 23.4 Å². The third-order valence-electron chi connectivity index (χ3n) is 3.55. The van der Waals surface area contributed by atoms with E-state index in [2.05, 4.69) is 16.6 Å². The molecule has 100 valence electrons. The first-order chi connectivity index (χ1) is 8.50. The highest BCUT2D eigenvalue weighted by molar-refractivity contribution is 7.89. The Balaban J connectivity index is 2.06. The predicted octanol–water partition coefficient (Wildman–Crippen LogP) is 1.94. The van der Waals surface area contributed by atoms with Crippen molar-refractivity contribution in [3.63, 3.8) is 0 Å². The molecule has 2 rings (SSSR count). The summed E-state index contributed by atoms with van der Waals surface area (Å²) < 4.78 is 39.6. The summed E-state index contributed by atoms with van der Waals surface area (Å²) in [6, 6.07) is 2.47. The van der Waals surface area contributed by atoms with Crippen LogP contribution in [0.1, 0.15) is 26.2 Å². The normalized spacial score (nSPS) is 24.3. The average molecular weight is 272 g/mol. The van der Waals surface area contributed by atoms with Crippen LogP contribution in [-0.2, 0) is 10.0 Å². The van der Waals surface area contributed by atoms with E-state index in [-0.39, 0.29) is 0 Å². The number of hydrogen-bond donors (Lipinski definition) is 1. The van der Waals surface area contributed by atoms with Crippen LogP contribution < -0.4 is 4.72 Å². The van der Waals surface area contributed by atoms with Gasteiger partial charge in [-0.3, -0.25) is 0 Å². The van der Waals surface area contributed by atoms with Crippen molar-refractivity contribution in [1.82, 2.24) is 9.71 Å². The highest BCUT2D eigenvalue weighted by Crippen LogP contribution is 2.30. The van der Waals surface area contributed by atoms with Gasteiger partial charge in [-0.15, -0.1) is 0 Å². The Labute approximate surface area is 107 Å². The van der Waals surface area contributed by atoms with E-state index in [1.54, 1.807) is 0 Å². The van der Waals surface area contributed by atoms with Crippen LogP contribution in [0.25, 0.3) is 0 Å². The zero-order chi connectivity index (χ0) is 13.2. The SMILES string of the molecule is CC1CCCC1CNS(=O)(=O)c1ncccc1F. The Morgan fingerprint density at radius 1 is 1.50 bits per heavy atom. The number of rotatable bonds is 4. The van der Waals surface area contributed by atoms with E-state index in [9.17, 15) is 12.8 Å². The fourth-order valence-corrected chi connectivity index (χ4v) is 3.47. The Morgan fingerprint density at radius 3 is 2.89 bits per heavy atom. The van der Waals surface area contributed by atoms with Crippen LogP contribution in [0.3, 0.4) is 0 Å². The molecule has 1 aromatic rings. The maximum absolute atomic E-state index is 13.4. The van der Waals surface area contributed by atoms with E-state index >= 15 is 0 Å². The number of nitrogens with zero attached hydrogens (tertiary/aromatic N) is 1. The summed E-state index contributed by atoms with van der Waals surface area (Å²) in [5.41, 5.74) is 0. The van der Waals surface area contributed by atoms with Crippen molar-refractivity contribution in [1.29, 1.82) is 0 Å². The number of nitrogens with one attached hydrogen (secondary N) is 1. The van der Waals surface area contributed by atoms with Gasteiger partial charge in [-0.25, -0.2) is 22.5 Å². The monoisotopic (exact) mass is 272 g/mol. The van der Waals surface area contributed by atoms with Crippen molar-refractivity contribution >= 4 is 10.0 Å². The minimum absolute atomic E-state index is 0.339. The van der Waals surface area contributed by atoms with Crippen LogP contribution in [0.2, 0.25) is 0 Å². The van der Waals surface area contributed by atoms with Crippen LogP contribution in [0, 0.1) is 17.7 Å². The first-order valence-electron chi connectivity index (χ1n) is 6.11. The second kappa shape index (κ2) is 5.32. The molecule has 0 amide bonds. The molecular weight excluding hydrogens is 255 g/mol. The maximum atomic E-state index is 13.4. The predicted molar refractivity (Wildman–Crippen MR) is 65.9 cm³/mol. The van der Waals surface area contributed by atoms with Gasteiger partial charge < -0.3 is 0 Å². The molecule has 2 atom stereocenters. The molecule has 0 spiro atoms. The zero-order valence-corrected chi connectivity index (χ0v) is 11.1. The Hall–Kier alpha value is -1.01. The van der Waals surface area contributed by atoms with E-state index in [0.29, 0.717) is 18.4 Å². The molecule has 1 aliphatic rings. The van der Waals surface area contributed by atoms with E-state index < -0.39 is 20.9 Å². The third kappa shape index (κ3) is 2.87. The summed E-state index contributed by atoms with van der Waals surface area (Å²) in [5, 5.41) is -0.518. The van der Waals surface area contributed by atoms with Crippen LogP contribution in [0.5, 0.6) is 0 Å². The van der Waals surface area contributed by atoms with Crippen LogP contribution in [0.4, 0.5) is 4.39 Å². The largest absolute Gasteiger partial charge is 0.261 e. The molecule has 18 heavy (non-hydrogen) atoms. The van der Waals surface area contributed by atoms with Crippen LogP contribution in [-0.4, -0.2) is 19.9 Å². The van der Waals surface area contributed by atoms with Gasteiger partial charge in [0.1, 0.15) is 0 Å². The van der Waals surface area contributed by atoms with Gasteiger partial charge in [0.05, 0.1) is 0 Å². The first-order valence-corrected chi connectivity index (χ1v) is 7.59. The van der Waals surface area contributed by atoms with Gasteiger partial charge >= 0.3 is 0 Å². The van der Waals surface area contributed by atoms with Crippen molar-refractivity contribution in [3.05, 3.63) is 24.1 Å². The average Bonchev–Trinajstić information content (AvgIpc) is 2.73. The second-order valence-corrected chi connectivity index (χ2v) is 6.49. The van der Waals surface area contributed by atoms with Gasteiger partial charge in [-0.05, 0) is 30.4 Å². The summed E-state index contributed by atoms with van der Waals surface area (Å²) in [6.45, 7) is 2.48. The number of sulfonamides is 1. The Bertz CT molecular complexity index is 519. The molecule has 0 aliphatic heterocycles. The zero-order valence-electron chi connectivity index (χ0n) is 10.3. The van der Waals surface area contributed by atoms with Crippen molar-refractivity contribution < 1.29 is 12.8 Å². The molecule has 1 aliphatic carbocycles. The lowest BCUT2D eigenvalue weighted by Crippen LogP contribution is -2.31. The van der Waals surface area contributed by atoms with Crippen molar-refractivity contribution in [2.75, 3.05) is 6.54 Å². The molecule has 1 fully saturated rings. The smallest absolute Gasteiger partial charge is 0.241 e. The minimum atomic E-state index is -3.84. The summed E-state index contributed by atoms with van der Waals surface area (Å²) >= 11 is 0. The fourth-order valence-electron chi connectivity index (χ4n) is 2.38. The van der Waals surface area contributed by atoms with Crippen molar-refractivity contribution in [2.45, 2.75) is 31.2 Å². The summed E-state index contributed by atoms with van der Waals surface area (Å²) in [5.74, 6) is 0.0392. The van der Waals surface area contributed by atoms with E-state index in [1.807, 2.05) is 0 Å². The second-order valence-electron chi connectivity index (χ2n) is 4.81. The molecule has 1 aromatic heterocycles. The molecule has 2 unspecified atom stereocenters. The van der Waals surface area contributed by atoms with Gasteiger partial charge in [0.2, 0.25) is 5.03 Å². The summed E-state index contributed by atoms with van der Waals surface area (Å²) in [7, 11) is -3.84. The van der Waals surface area contributed by atoms with Crippen LogP contribution >= 0.6 is 0 Å². The molecule has 4 nitrogen and oxygen atoms in total. The van der Waals surface area contributed by atoms with E-state index in [0.717, 1.165) is 25.3 Å². The van der Waals surface area contributed by atoms with Gasteiger partial charge in [-0.2, -0.15) is 0 Å². The first kappa shape index (κ1) is 13.4. The van der Waals surface area contributed by atoms with Gasteiger partial charge in [0.25, 0.3) is 10.0 Å². The van der Waals surface area contributed by atoms with Crippen molar-refractivity contribution in [2.24, 2.45) is 11.8 Å². The van der Waals surface area contributed by atoms with Gasteiger partial charge in [0.15, 0.2) is 5.82 Å².